The van der Waals surface area contributed by atoms with Crippen LogP contribution in [0.2, 0.25) is 0 Å². The van der Waals surface area contributed by atoms with E-state index in [1.165, 1.54) is 71.1 Å². The monoisotopic (exact) mass is 470 g/mol. The second-order valence-electron chi connectivity index (χ2n) is 9.05. The van der Waals surface area contributed by atoms with E-state index in [1.807, 2.05) is 0 Å². The standard InChI is InChI=1S/C27H50O6/c1-4-6-8-9-10-11-12-13-14-15-16-17-19-20-26(29)32-23-25(22-31-24(3)28)33-27(30)21-18-7-5-2/h25H,4-23H2,1-3H3/t25-/m0/s1. The topological polar surface area (TPSA) is 78.9 Å². The molecule has 6 nitrogen and oxygen atoms in total. The zero-order valence-corrected chi connectivity index (χ0v) is 21.7. The Balaban J connectivity index is 3.79. The van der Waals surface area contributed by atoms with Gasteiger partial charge in [0.15, 0.2) is 6.10 Å². The molecule has 0 aromatic heterocycles. The Morgan fingerprint density at radius 1 is 0.545 bits per heavy atom. The van der Waals surface area contributed by atoms with Gasteiger partial charge >= 0.3 is 17.9 Å². The van der Waals surface area contributed by atoms with Gasteiger partial charge in [-0.25, -0.2) is 0 Å². The van der Waals surface area contributed by atoms with Crippen molar-refractivity contribution in [2.45, 2.75) is 142 Å². The minimum Gasteiger partial charge on any atom is -0.462 e. The van der Waals surface area contributed by atoms with Gasteiger partial charge in [0.2, 0.25) is 0 Å². The van der Waals surface area contributed by atoms with Crippen LogP contribution in [-0.4, -0.2) is 37.2 Å². The van der Waals surface area contributed by atoms with E-state index in [2.05, 4.69) is 13.8 Å². The van der Waals surface area contributed by atoms with Crippen molar-refractivity contribution in [1.82, 2.24) is 0 Å². The van der Waals surface area contributed by atoms with E-state index in [0.29, 0.717) is 12.8 Å². The summed E-state index contributed by atoms with van der Waals surface area (Å²) in [5.41, 5.74) is 0. The summed E-state index contributed by atoms with van der Waals surface area (Å²) in [5.74, 6) is -1.11. The van der Waals surface area contributed by atoms with Gasteiger partial charge < -0.3 is 14.2 Å². The lowest BCUT2D eigenvalue weighted by Crippen LogP contribution is -2.30. The predicted octanol–water partition coefficient (Wildman–Crippen LogP) is 7.07. The molecule has 0 aromatic rings. The van der Waals surface area contributed by atoms with Crippen molar-refractivity contribution in [1.29, 1.82) is 0 Å². The lowest BCUT2D eigenvalue weighted by atomic mass is 10.0. The first kappa shape index (κ1) is 31.4. The summed E-state index contributed by atoms with van der Waals surface area (Å²) in [4.78, 5) is 35.0. The maximum atomic E-state index is 12.0. The Kier molecular flexibility index (Phi) is 22.4. The number of hydrogen-bond acceptors (Lipinski definition) is 6. The number of carbonyl (C=O) groups is 3. The lowest BCUT2D eigenvalue weighted by molar-refractivity contribution is -0.166. The highest BCUT2D eigenvalue weighted by molar-refractivity contribution is 5.70. The van der Waals surface area contributed by atoms with E-state index >= 15 is 0 Å². The summed E-state index contributed by atoms with van der Waals surface area (Å²) < 4.78 is 15.5. The van der Waals surface area contributed by atoms with Crippen LogP contribution in [0.5, 0.6) is 0 Å². The molecule has 0 saturated heterocycles. The molecule has 0 unspecified atom stereocenters. The van der Waals surface area contributed by atoms with Gasteiger partial charge in [-0.15, -0.1) is 0 Å². The number of esters is 3. The summed E-state index contributed by atoms with van der Waals surface area (Å²) in [6, 6.07) is 0. The van der Waals surface area contributed by atoms with Gasteiger partial charge in [-0.1, -0.05) is 104 Å². The largest absolute Gasteiger partial charge is 0.462 e. The van der Waals surface area contributed by atoms with Gasteiger partial charge in [-0.2, -0.15) is 0 Å². The van der Waals surface area contributed by atoms with Crippen molar-refractivity contribution in [2.24, 2.45) is 0 Å². The Hall–Kier alpha value is -1.59. The van der Waals surface area contributed by atoms with Gasteiger partial charge in [0.1, 0.15) is 13.2 Å². The average molecular weight is 471 g/mol. The second kappa shape index (κ2) is 23.6. The van der Waals surface area contributed by atoms with Crippen LogP contribution in [0.3, 0.4) is 0 Å². The first-order chi connectivity index (χ1) is 16.0. The number of carbonyl (C=O) groups excluding carboxylic acids is 3. The van der Waals surface area contributed by atoms with Crippen LogP contribution in [0, 0.1) is 0 Å². The molecule has 6 heteroatoms. The lowest BCUT2D eigenvalue weighted by Gasteiger charge is -2.17. The highest BCUT2D eigenvalue weighted by atomic mass is 16.6. The number of rotatable bonds is 23. The van der Waals surface area contributed by atoms with Gasteiger partial charge in [0, 0.05) is 19.8 Å². The first-order valence-electron chi connectivity index (χ1n) is 13.5. The summed E-state index contributed by atoms with van der Waals surface area (Å²) in [6.07, 6.45) is 19.0. The van der Waals surface area contributed by atoms with Crippen molar-refractivity contribution in [3.05, 3.63) is 0 Å². The van der Waals surface area contributed by atoms with E-state index < -0.39 is 12.1 Å². The van der Waals surface area contributed by atoms with Crippen molar-refractivity contribution in [3.63, 3.8) is 0 Å². The van der Waals surface area contributed by atoms with Crippen LogP contribution in [0.25, 0.3) is 0 Å². The molecule has 194 valence electrons. The maximum Gasteiger partial charge on any atom is 0.306 e. The molecular formula is C27H50O6. The Morgan fingerprint density at radius 2 is 0.939 bits per heavy atom. The van der Waals surface area contributed by atoms with Crippen LogP contribution >= 0.6 is 0 Å². The Labute approximate surface area is 202 Å². The van der Waals surface area contributed by atoms with Crippen LogP contribution in [-0.2, 0) is 28.6 Å². The summed E-state index contributed by atoms with van der Waals surface area (Å²) in [5, 5.41) is 0. The molecule has 0 amide bonds. The zero-order valence-electron chi connectivity index (χ0n) is 21.7. The van der Waals surface area contributed by atoms with Gasteiger partial charge in [0.25, 0.3) is 0 Å². The maximum absolute atomic E-state index is 12.0. The molecule has 0 aromatic carbocycles. The molecule has 0 aliphatic carbocycles. The third kappa shape index (κ3) is 23.4. The molecular weight excluding hydrogens is 420 g/mol. The molecule has 0 saturated carbocycles. The third-order valence-electron chi connectivity index (χ3n) is 5.67. The van der Waals surface area contributed by atoms with E-state index in [-0.39, 0.29) is 25.2 Å². The van der Waals surface area contributed by atoms with E-state index in [4.69, 9.17) is 14.2 Å². The highest BCUT2D eigenvalue weighted by Crippen LogP contribution is 2.13. The molecule has 1 atom stereocenters. The van der Waals surface area contributed by atoms with Gasteiger partial charge in [-0.05, 0) is 12.8 Å². The van der Waals surface area contributed by atoms with Crippen LogP contribution in [0.4, 0.5) is 0 Å². The van der Waals surface area contributed by atoms with Crippen LogP contribution < -0.4 is 0 Å². The predicted molar refractivity (Wildman–Crippen MR) is 132 cm³/mol. The molecule has 0 heterocycles. The van der Waals surface area contributed by atoms with Crippen molar-refractivity contribution < 1.29 is 28.6 Å². The van der Waals surface area contributed by atoms with Crippen molar-refractivity contribution in [2.75, 3.05) is 13.2 Å². The molecule has 0 radical (unpaired) electrons. The third-order valence-corrected chi connectivity index (χ3v) is 5.67. The quantitative estimate of drug-likeness (QED) is 0.0903. The SMILES string of the molecule is CCCCCCCCCCCCCCCC(=O)OC[C@H](COC(C)=O)OC(=O)CCCCC. The van der Waals surface area contributed by atoms with Gasteiger partial charge in [0.05, 0.1) is 0 Å². The zero-order chi connectivity index (χ0) is 24.6. The smallest absolute Gasteiger partial charge is 0.306 e. The average Bonchev–Trinajstić information content (AvgIpc) is 2.78. The second-order valence-corrected chi connectivity index (χ2v) is 9.05. The molecule has 0 spiro atoms. The van der Waals surface area contributed by atoms with E-state index in [0.717, 1.165) is 38.5 Å². The van der Waals surface area contributed by atoms with Crippen LogP contribution in [0.1, 0.15) is 136 Å². The Bertz CT molecular complexity index is 491. The van der Waals surface area contributed by atoms with Crippen LogP contribution in [0.15, 0.2) is 0 Å². The van der Waals surface area contributed by atoms with Gasteiger partial charge in [-0.3, -0.25) is 14.4 Å². The van der Waals surface area contributed by atoms with E-state index in [1.54, 1.807) is 0 Å². The molecule has 0 N–H and O–H groups in total. The number of hydrogen-bond donors (Lipinski definition) is 0. The highest BCUT2D eigenvalue weighted by Gasteiger charge is 2.18. The molecule has 33 heavy (non-hydrogen) atoms. The molecule has 0 aliphatic rings. The fourth-order valence-electron chi connectivity index (χ4n) is 3.64. The summed E-state index contributed by atoms with van der Waals surface area (Å²) >= 11 is 0. The Morgan fingerprint density at radius 3 is 1.45 bits per heavy atom. The van der Waals surface area contributed by atoms with Crippen molar-refractivity contribution >= 4 is 17.9 Å². The number of unbranched alkanes of at least 4 members (excludes halogenated alkanes) is 14. The summed E-state index contributed by atoms with van der Waals surface area (Å²) in [7, 11) is 0. The van der Waals surface area contributed by atoms with Crippen molar-refractivity contribution in [3.8, 4) is 0 Å². The first-order valence-corrected chi connectivity index (χ1v) is 13.5. The fourth-order valence-corrected chi connectivity index (χ4v) is 3.64. The minimum absolute atomic E-state index is 0.0793. The molecule has 0 bridgehead atoms. The molecule has 0 rings (SSSR count). The molecule has 0 aliphatic heterocycles. The normalized spacial score (nSPS) is 11.7. The minimum atomic E-state index is -0.751. The fraction of sp³-hybridized carbons (Fsp3) is 0.889. The molecule has 0 fully saturated rings. The number of ether oxygens (including phenoxy) is 3. The van der Waals surface area contributed by atoms with E-state index in [9.17, 15) is 14.4 Å². The summed E-state index contributed by atoms with van der Waals surface area (Å²) in [6.45, 7) is 5.43.